The Labute approximate surface area is 87.7 Å². The van der Waals surface area contributed by atoms with Gasteiger partial charge in [-0.1, -0.05) is 30.3 Å². The summed E-state index contributed by atoms with van der Waals surface area (Å²) in [6.45, 7) is 0. The third-order valence-corrected chi connectivity index (χ3v) is 2.39. The van der Waals surface area contributed by atoms with Gasteiger partial charge in [0.05, 0.1) is 0 Å². The number of anilines is 1. The first-order valence-electron chi connectivity index (χ1n) is 4.87. The molecule has 3 heteroatoms. The van der Waals surface area contributed by atoms with Crippen molar-refractivity contribution in [2.75, 3.05) is 5.32 Å². The predicted octanol–water partition coefficient (Wildman–Crippen LogP) is 2.58. The summed E-state index contributed by atoms with van der Waals surface area (Å²) >= 11 is 0. The van der Waals surface area contributed by atoms with Crippen LogP contribution in [-0.2, 0) is 0 Å². The van der Waals surface area contributed by atoms with Gasteiger partial charge in [0, 0.05) is 11.8 Å². The van der Waals surface area contributed by atoms with E-state index in [-0.39, 0.29) is 6.23 Å². The first kappa shape index (κ1) is 8.29. The van der Waals surface area contributed by atoms with Crippen molar-refractivity contribution in [1.82, 2.24) is 4.98 Å². The average molecular weight is 198 g/mol. The van der Waals surface area contributed by atoms with Crippen molar-refractivity contribution in [3.8, 4) is 5.75 Å². The van der Waals surface area contributed by atoms with E-state index in [0.29, 0.717) is 0 Å². The van der Waals surface area contributed by atoms with E-state index in [1.165, 1.54) is 0 Å². The lowest BCUT2D eigenvalue weighted by Gasteiger charge is -2.10. The number of ether oxygens (including phenoxy) is 1. The van der Waals surface area contributed by atoms with Crippen LogP contribution in [0.15, 0.2) is 48.7 Å². The van der Waals surface area contributed by atoms with Gasteiger partial charge in [0.1, 0.15) is 0 Å². The fraction of sp³-hybridized carbons (Fsp3) is 0.0833. The number of benzene rings is 1. The molecule has 1 N–H and O–H groups in total. The maximum Gasteiger partial charge on any atom is 0.197 e. The van der Waals surface area contributed by atoms with Crippen LogP contribution in [-0.4, -0.2) is 4.98 Å². The summed E-state index contributed by atoms with van der Waals surface area (Å²) in [5.41, 5.74) is 1.11. The maximum absolute atomic E-state index is 5.72. The van der Waals surface area contributed by atoms with Gasteiger partial charge in [-0.2, -0.15) is 0 Å². The van der Waals surface area contributed by atoms with Crippen molar-refractivity contribution < 1.29 is 4.74 Å². The molecule has 0 bridgehead atoms. The van der Waals surface area contributed by atoms with Gasteiger partial charge < -0.3 is 10.1 Å². The van der Waals surface area contributed by atoms with Gasteiger partial charge in [-0.05, 0) is 12.1 Å². The molecule has 15 heavy (non-hydrogen) atoms. The molecule has 0 radical (unpaired) electrons. The standard InChI is InChI=1S/C12H10N2O/c1-2-5-9(6-3-1)12-14-11-10(15-12)7-4-8-13-11/h1-8,12H,(H,13,14). The van der Waals surface area contributed by atoms with Gasteiger partial charge in [-0.3, -0.25) is 0 Å². The molecule has 1 aliphatic rings. The van der Waals surface area contributed by atoms with Crippen LogP contribution < -0.4 is 10.1 Å². The summed E-state index contributed by atoms with van der Waals surface area (Å²) in [6.07, 6.45) is 1.64. The van der Waals surface area contributed by atoms with Crippen molar-refractivity contribution in [2.24, 2.45) is 0 Å². The second-order valence-electron chi connectivity index (χ2n) is 3.40. The normalized spacial score (nSPS) is 17.7. The third-order valence-electron chi connectivity index (χ3n) is 2.39. The molecule has 1 aliphatic heterocycles. The predicted molar refractivity (Wildman–Crippen MR) is 57.7 cm³/mol. The second-order valence-corrected chi connectivity index (χ2v) is 3.40. The minimum atomic E-state index is -0.115. The third kappa shape index (κ3) is 1.42. The van der Waals surface area contributed by atoms with Gasteiger partial charge in [-0.15, -0.1) is 0 Å². The monoisotopic (exact) mass is 198 g/mol. The molecule has 2 heterocycles. The van der Waals surface area contributed by atoms with Crippen LogP contribution >= 0.6 is 0 Å². The Hall–Kier alpha value is -2.03. The molecule has 0 spiro atoms. The molecule has 3 rings (SSSR count). The summed E-state index contributed by atoms with van der Waals surface area (Å²) in [4.78, 5) is 4.20. The number of aromatic nitrogens is 1. The lowest BCUT2D eigenvalue weighted by atomic mass is 10.2. The molecule has 1 aromatic heterocycles. The van der Waals surface area contributed by atoms with Crippen LogP contribution in [0, 0.1) is 0 Å². The average Bonchev–Trinajstić information content (AvgIpc) is 2.74. The lowest BCUT2D eigenvalue weighted by molar-refractivity contribution is 0.260. The molecule has 0 amide bonds. The first-order valence-corrected chi connectivity index (χ1v) is 4.87. The number of pyridine rings is 1. The van der Waals surface area contributed by atoms with E-state index in [0.717, 1.165) is 17.1 Å². The van der Waals surface area contributed by atoms with E-state index in [1.807, 2.05) is 42.5 Å². The molecule has 2 aromatic rings. The van der Waals surface area contributed by atoms with Gasteiger partial charge in [-0.25, -0.2) is 4.98 Å². The lowest BCUT2D eigenvalue weighted by Crippen LogP contribution is -2.09. The zero-order chi connectivity index (χ0) is 10.1. The first-order chi connectivity index (χ1) is 7.43. The summed E-state index contributed by atoms with van der Waals surface area (Å²) in [6, 6.07) is 13.8. The molecule has 74 valence electrons. The molecule has 0 saturated carbocycles. The minimum Gasteiger partial charge on any atom is -0.463 e. The van der Waals surface area contributed by atoms with Crippen molar-refractivity contribution in [1.29, 1.82) is 0 Å². The van der Waals surface area contributed by atoms with Crippen molar-refractivity contribution in [3.63, 3.8) is 0 Å². The van der Waals surface area contributed by atoms with Crippen LogP contribution in [0.4, 0.5) is 5.82 Å². The van der Waals surface area contributed by atoms with Crippen LogP contribution in [0.3, 0.4) is 0 Å². The Balaban J connectivity index is 1.91. The highest BCUT2D eigenvalue weighted by atomic mass is 16.5. The topological polar surface area (TPSA) is 34.2 Å². The number of hydrogen-bond donors (Lipinski definition) is 1. The smallest absolute Gasteiger partial charge is 0.197 e. The summed E-state index contributed by atoms with van der Waals surface area (Å²) in [5.74, 6) is 1.62. The van der Waals surface area contributed by atoms with E-state index in [9.17, 15) is 0 Å². The van der Waals surface area contributed by atoms with Crippen LogP contribution in [0.25, 0.3) is 0 Å². The second kappa shape index (κ2) is 3.28. The van der Waals surface area contributed by atoms with Crippen LogP contribution in [0.2, 0.25) is 0 Å². The Bertz CT molecular complexity index is 445. The van der Waals surface area contributed by atoms with Crippen molar-refractivity contribution in [3.05, 3.63) is 54.2 Å². The van der Waals surface area contributed by atoms with Gasteiger partial charge in [0.2, 0.25) is 0 Å². The highest BCUT2D eigenvalue weighted by molar-refractivity contribution is 5.54. The van der Waals surface area contributed by atoms with E-state index in [1.54, 1.807) is 6.20 Å². The fourth-order valence-electron chi connectivity index (χ4n) is 1.65. The fourth-order valence-corrected chi connectivity index (χ4v) is 1.65. The van der Waals surface area contributed by atoms with Gasteiger partial charge >= 0.3 is 0 Å². The van der Waals surface area contributed by atoms with Crippen molar-refractivity contribution >= 4 is 5.82 Å². The molecule has 1 aromatic carbocycles. The summed E-state index contributed by atoms with van der Waals surface area (Å²) in [7, 11) is 0. The summed E-state index contributed by atoms with van der Waals surface area (Å²) in [5, 5.41) is 3.22. The van der Waals surface area contributed by atoms with E-state index < -0.39 is 0 Å². The SMILES string of the molecule is c1ccc(C2Nc3ncccc3O2)cc1. The zero-order valence-electron chi connectivity index (χ0n) is 8.05. The molecule has 3 nitrogen and oxygen atoms in total. The van der Waals surface area contributed by atoms with Crippen molar-refractivity contribution in [2.45, 2.75) is 6.23 Å². The minimum absolute atomic E-state index is 0.115. The number of hydrogen-bond acceptors (Lipinski definition) is 3. The Kier molecular flexibility index (Phi) is 1.81. The largest absolute Gasteiger partial charge is 0.463 e. The maximum atomic E-state index is 5.72. The highest BCUT2D eigenvalue weighted by Gasteiger charge is 2.23. The molecular formula is C12H10N2O. The molecule has 1 unspecified atom stereocenters. The number of fused-ring (bicyclic) bond motifs is 1. The molecule has 1 atom stereocenters. The quantitative estimate of drug-likeness (QED) is 0.764. The summed E-state index contributed by atoms with van der Waals surface area (Å²) < 4.78 is 5.72. The molecular weight excluding hydrogens is 188 g/mol. The van der Waals surface area contributed by atoms with E-state index in [2.05, 4.69) is 10.3 Å². The highest BCUT2D eigenvalue weighted by Crippen LogP contribution is 2.35. The Morgan fingerprint density at radius 2 is 1.93 bits per heavy atom. The number of nitrogens with one attached hydrogen (secondary N) is 1. The Morgan fingerprint density at radius 1 is 1.07 bits per heavy atom. The van der Waals surface area contributed by atoms with Gasteiger partial charge in [0.25, 0.3) is 0 Å². The van der Waals surface area contributed by atoms with E-state index in [4.69, 9.17) is 4.74 Å². The molecule has 0 aliphatic carbocycles. The zero-order valence-corrected chi connectivity index (χ0v) is 8.05. The Morgan fingerprint density at radius 3 is 2.73 bits per heavy atom. The van der Waals surface area contributed by atoms with E-state index >= 15 is 0 Å². The molecule has 0 fully saturated rings. The number of nitrogens with zero attached hydrogens (tertiary/aromatic N) is 1. The van der Waals surface area contributed by atoms with Crippen LogP contribution in [0.5, 0.6) is 5.75 Å². The number of rotatable bonds is 1. The van der Waals surface area contributed by atoms with Crippen LogP contribution in [0.1, 0.15) is 11.8 Å². The van der Waals surface area contributed by atoms with Gasteiger partial charge in [0.15, 0.2) is 17.8 Å². The molecule has 0 saturated heterocycles.